The lowest BCUT2D eigenvalue weighted by atomic mass is 9.95. The van der Waals surface area contributed by atoms with E-state index in [-0.39, 0.29) is 20.4 Å². The molecule has 0 aliphatic heterocycles. The van der Waals surface area contributed by atoms with Gasteiger partial charge >= 0.3 is 6.98 Å². The van der Waals surface area contributed by atoms with Crippen molar-refractivity contribution < 1.29 is 22.6 Å². The first-order chi connectivity index (χ1) is 7.70. The van der Waals surface area contributed by atoms with E-state index in [1.54, 1.807) is 0 Å². The van der Waals surface area contributed by atoms with Gasteiger partial charge in [-0.3, -0.25) is 10.1 Å². The van der Waals surface area contributed by atoms with Gasteiger partial charge in [0.25, 0.3) is 5.69 Å². The van der Waals surface area contributed by atoms with Crippen molar-refractivity contribution >= 4 is 44.5 Å². The normalized spacial score (nSPS) is 11.4. The SMILES string of the molecule is O=[N+]([O-])c1cc(Br)c(OC[B-](F)(F)F)c(Br)c1. The molecule has 1 aromatic carbocycles. The second-order valence-electron chi connectivity index (χ2n) is 3.02. The van der Waals surface area contributed by atoms with Crippen LogP contribution in [-0.2, 0) is 0 Å². The molecule has 0 aliphatic carbocycles. The predicted molar refractivity (Wildman–Crippen MR) is 63.1 cm³/mol. The molecule has 0 unspecified atom stereocenters. The Bertz CT molecular complexity index is 431. The quantitative estimate of drug-likeness (QED) is 0.454. The monoisotopic (exact) mass is 376 g/mol. The average Bonchev–Trinajstić information content (AvgIpc) is 2.14. The van der Waals surface area contributed by atoms with Crippen LogP contribution in [0.3, 0.4) is 0 Å². The highest BCUT2D eigenvalue weighted by Gasteiger charge is 2.25. The van der Waals surface area contributed by atoms with Gasteiger partial charge in [0.15, 0.2) is 0 Å². The molecule has 1 rings (SSSR count). The third kappa shape index (κ3) is 4.19. The van der Waals surface area contributed by atoms with Gasteiger partial charge in [-0.25, -0.2) is 0 Å². The molecule has 17 heavy (non-hydrogen) atoms. The van der Waals surface area contributed by atoms with Crippen molar-refractivity contribution in [2.75, 3.05) is 6.51 Å². The first-order valence-electron chi connectivity index (χ1n) is 4.18. The van der Waals surface area contributed by atoms with E-state index < -0.39 is 18.4 Å². The summed E-state index contributed by atoms with van der Waals surface area (Å²) in [7, 11) is 0. The first kappa shape index (κ1) is 14.3. The standard InChI is InChI=1S/C7H4BBr2F3NO3/c9-5-1-4(14(15)16)2-6(10)7(5)17-3-8(11,12)13/h1-2H,3H2/q-1. The van der Waals surface area contributed by atoms with Crippen molar-refractivity contribution in [1.29, 1.82) is 0 Å². The van der Waals surface area contributed by atoms with Gasteiger partial charge in [-0.05, 0) is 31.9 Å². The highest BCUT2D eigenvalue weighted by Crippen LogP contribution is 2.37. The number of halogens is 5. The molecule has 0 fully saturated rings. The van der Waals surface area contributed by atoms with Crippen LogP contribution in [-0.4, -0.2) is 18.4 Å². The molecule has 0 atom stereocenters. The Morgan fingerprint density at radius 2 is 1.76 bits per heavy atom. The van der Waals surface area contributed by atoms with Gasteiger partial charge in [0.05, 0.1) is 20.4 Å². The minimum Gasteiger partial charge on any atom is -0.520 e. The van der Waals surface area contributed by atoms with E-state index in [0.717, 1.165) is 12.1 Å². The summed E-state index contributed by atoms with van der Waals surface area (Å²) in [6.07, 6.45) is 0. The zero-order valence-corrected chi connectivity index (χ0v) is 11.2. The van der Waals surface area contributed by atoms with Crippen molar-refractivity contribution in [3.8, 4) is 5.75 Å². The van der Waals surface area contributed by atoms with Crippen molar-refractivity contribution in [2.24, 2.45) is 0 Å². The van der Waals surface area contributed by atoms with Crippen LogP contribution in [0.5, 0.6) is 5.75 Å². The Labute approximate surface area is 111 Å². The molecule has 10 heteroatoms. The topological polar surface area (TPSA) is 52.4 Å². The Morgan fingerprint density at radius 1 is 1.29 bits per heavy atom. The summed E-state index contributed by atoms with van der Waals surface area (Å²) in [6, 6.07) is 2.15. The van der Waals surface area contributed by atoms with Gasteiger partial charge in [0, 0.05) is 12.1 Å². The molecule has 0 saturated carbocycles. The van der Waals surface area contributed by atoms with Gasteiger partial charge in [-0.2, -0.15) is 0 Å². The summed E-state index contributed by atoms with van der Waals surface area (Å²) < 4.78 is 40.7. The lowest BCUT2D eigenvalue weighted by molar-refractivity contribution is -0.385. The van der Waals surface area contributed by atoms with Crippen molar-refractivity contribution in [1.82, 2.24) is 0 Å². The van der Waals surface area contributed by atoms with E-state index in [9.17, 15) is 23.1 Å². The Morgan fingerprint density at radius 3 is 2.12 bits per heavy atom. The third-order valence-corrected chi connectivity index (χ3v) is 2.79. The lowest BCUT2D eigenvalue weighted by Gasteiger charge is -2.16. The van der Waals surface area contributed by atoms with Crippen LogP contribution in [0.4, 0.5) is 18.6 Å². The molecule has 0 spiro atoms. The van der Waals surface area contributed by atoms with Gasteiger partial charge < -0.3 is 17.7 Å². The van der Waals surface area contributed by atoms with Crippen LogP contribution >= 0.6 is 31.9 Å². The molecule has 0 aliphatic rings. The minimum atomic E-state index is -5.08. The fraction of sp³-hybridized carbons (Fsp3) is 0.143. The van der Waals surface area contributed by atoms with Crippen LogP contribution in [0, 0.1) is 10.1 Å². The van der Waals surface area contributed by atoms with Crippen LogP contribution in [0.15, 0.2) is 21.1 Å². The van der Waals surface area contributed by atoms with Gasteiger partial charge in [0.2, 0.25) is 0 Å². The summed E-state index contributed by atoms with van der Waals surface area (Å²) in [5.74, 6) is -0.116. The van der Waals surface area contributed by atoms with Crippen LogP contribution in [0.1, 0.15) is 0 Å². The number of hydrogen-bond donors (Lipinski definition) is 0. The number of nitrogens with zero attached hydrogens (tertiary/aromatic N) is 1. The van der Waals surface area contributed by atoms with Crippen LogP contribution in [0.25, 0.3) is 0 Å². The van der Waals surface area contributed by atoms with E-state index in [0.29, 0.717) is 0 Å². The van der Waals surface area contributed by atoms with Gasteiger partial charge in [0.1, 0.15) is 5.75 Å². The molecule has 1 aromatic rings. The van der Waals surface area contributed by atoms with E-state index in [2.05, 4.69) is 36.6 Å². The number of benzene rings is 1. The maximum Gasteiger partial charge on any atom is 0.515 e. The number of non-ortho nitro benzene ring substituents is 1. The van der Waals surface area contributed by atoms with Crippen LogP contribution < -0.4 is 4.74 Å². The van der Waals surface area contributed by atoms with E-state index in [4.69, 9.17) is 0 Å². The number of rotatable bonds is 4. The highest BCUT2D eigenvalue weighted by atomic mass is 79.9. The third-order valence-electron chi connectivity index (χ3n) is 1.61. The average molecular weight is 378 g/mol. The summed E-state index contributed by atoms with van der Waals surface area (Å²) >= 11 is 5.83. The number of nitro benzene ring substituents is 1. The molecule has 0 aromatic heterocycles. The van der Waals surface area contributed by atoms with E-state index >= 15 is 0 Å². The van der Waals surface area contributed by atoms with E-state index in [1.165, 1.54) is 0 Å². The fourth-order valence-electron chi connectivity index (χ4n) is 0.968. The molecule has 0 amide bonds. The second-order valence-corrected chi connectivity index (χ2v) is 4.73. The van der Waals surface area contributed by atoms with Crippen molar-refractivity contribution in [2.45, 2.75) is 0 Å². The van der Waals surface area contributed by atoms with E-state index in [1.807, 2.05) is 0 Å². The summed E-state index contributed by atoms with van der Waals surface area (Å²) in [5, 5.41) is 10.5. The van der Waals surface area contributed by atoms with Crippen LogP contribution in [0.2, 0.25) is 0 Å². The molecule has 94 valence electrons. The zero-order chi connectivity index (χ0) is 13.2. The molecule has 0 saturated heterocycles. The van der Waals surface area contributed by atoms with Crippen molar-refractivity contribution in [3.63, 3.8) is 0 Å². The smallest absolute Gasteiger partial charge is 0.515 e. The number of hydrogen-bond acceptors (Lipinski definition) is 3. The summed E-state index contributed by atoms with van der Waals surface area (Å²) in [5.41, 5.74) is -0.256. The number of nitro groups is 1. The van der Waals surface area contributed by atoms with Gasteiger partial charge in [-0.15, -0.1) is 0 Å². The largest absolute Gasteiger partial charge is 0.520 e. The molecule has 0 bridgehead atoms. The summed E-state index contributed by atoms with van der Waals surface area (Å²) in [6.45, 7) is -6.49. The molecule has 0 heterocycles. The van der Waals surface area contributed by atoms with Crippen molar-refractivity contribution in [3.05, 3.63) is 31.2 Å². The Balaban J connectivity index is 2.98. The Kier molecular flexibility index (Phi) is 4.42. The fourth-order valence-corrected chi connectivity index (χ4v) is 2.36. The molecular weight excluding hydrogens is 374 g/mol. The predicted octanol–water partition coefficient (Wildman–Crippen LogP) is 3.89. The first-order valence-corrected chi connectivity index (χ1v) is 5.76. The lowest BCUT2D eigenvalue weighted by Crippen LogP contribution is -2.26. The van der Waals surface area contributed by atoms with Gasteiger partial charge in [-0.1, -0.05) is 0 Å². The molecule has 0 N–H and O–H groups in total. The molecule has 0 radical (unpaired) electrons. The maximum absolute atomic E-state index is 12.0. The Hall–Kier alpha value is -0.765. The minimum absolute atomic E-state index is 0.0821. The molecular formula is C7H4BBr2F3NO3-. The molecule has 4 nitrogen and oxygen atoms in total. The highest BCUT2D eigenvalue weighted by molar-refractivity contribution is 9.11. The summed E-state index contributed by atoms with van der Waals surface area (Å²) in [4.78, 5) is 9.82. The number of ether oxygens (including phenoxy) is 1. The maximum atomic E-state index is 12.0. The second kappa shape index (κ2) is 5.26. The zero-order valence-electron chi connectivity index (χ0n) is 8.00.